The van der Waals surface area contributed by atoms with Crippen molar-refractivity contribution >= 4 is 81.7 Å². The lowest BCUT2D eigenvalue weighted by Crippen LogP contribution is -2.09. The molecule has 0 unspecified atom stereocenters. The van der Waals surface area contributed by atoms with Gasteiger partial charge in [-0.25, -0.2) is 15.0 Å². The first-order valence-corrected chi connectivity index (χ1v) is 18.6. The molecule has 11 rings (SSSR count). The SMILES string of the molecule is c1ccc2oc(-c3ccc(N(c4ccc(-c5nc6ccccc6o5)cc4)c4ccc5cc(-c6ccc7c(n6)sc6ccccc67)ccc5c4)cc3)nc2c1. The molecule has 0 bridgehead atoms. The highest BCUT2D eigenvalue weighted by Gasteiger charge is 2.17. The van der Waals surface area contributed by atoms with E-state index in [0.717, 1.165) is 77.2 Å². The number of hydrogen-bond acceptors (Lipinski definition) is 7. The molecule has 0 atom stereocenters. The van der Waals surface area contributed by atoms with Gasteiger partial charge in [0.2, 0.25) is 11.8 Å². The molecule has 0 aliphatic heterocycles. The third kappa shape index (κ3) is 5.21. The van der Waals surface area contributed by atoms with Crippen LogP contribution in [-0.4, -0.2) is 15.0 Å². The van der Waals surface area contributed by atoms with Gasteiger partial charge in [-0.2, -0.15) is 0 Å². The number of hydrogen-bond donors (Lipinski definition) is 0. The Morgan fingerprint density at radius 2 is 0.981 bits per heavy atom. The highest BCUT2D eigenvalue weighted by atomic mass is 32.1. The third-order valence-corrected chi connectivity index (χ3v) is 11.0. The summed E-state index contributed by atoms with van der Waals surface area (Å²) < 4.78 is 13.4. The molecule has 11 aromatic rings. The Bertz CT molecular complexity index is 2990. The summed E-state index contributed by atoms with van der Waals surface area (Å²) in [7, 11) is 0. The highest BCUT2D eigenvalue weighted by molar-refractivity contribution is 7.25. The van der Waals surface area contributed by atoms with Gasteiger partial charge in [-0.3, -0.25) is 0 Å². The molecule has 4 aromatic heterocycles. The van der Waals surface area contributed by atoms with Crippen LogP contribution >= 0.6 is 11.3 Å². The van der Waals surface area contributed by atoms with Gasteiger partial charge in [0.05, 0.1) is 5.69 Å². The van der Waals surface area contributed by atoms with Crippen molar-refractivity contribution in [2.24, 2.45) is 0 Å². The fourth-order valence-corrected chi connectivity index (χ4v) is 8.32. The number of thiophene rings is 1. The van der Waals surface area contributed by atoms with Crippen LogP contribution in [0.4, 0.5) is 17.1 Å². The summed E-state index contributed by atoms with van der Waals surface area (Å²) in [5, 5.41) is 4.74. The topological polar surface area (TPSA) is 68.2 Å². The Labute approximate surface area is 313 Å². The Morgan fingerprint density at radius 3 is 1.65 bits per heavy atom. The molecular weight excluding hydrogens is 685 g/mol. The second-order valence-corrected chi connectivity index (χ2v) is 14.3. The van der Waals surface area contributed by atoms with Gasteiger partial charge >= 0.3 is 0 Å². The number of oxazole rings is 2. The number of rotatable bonds is 6. The first-order chi connectivity index (χ1) is 26.7. The van der Waals surface area contributed by atoms with Crippen LogP contribution in [0.2, 0.25) is 0 Å². The van der Waals surface area contributed by atoms with E-state index in [-0.39, 0.29) is 0 Å². The summed E-state index contributed by atoms with van der Waals surface area (Å²) in [4.78, 5) is 17.8. The fourth-order valence-electron chi connectivity index (χ4n) is 7.24. The molecule has 54 heavy (non-hydrogen) atoms. The van der Waals surface area contributed by atoms with Crippen molar-refractivity contribution in [3.05, 3.63) is 170 Å². The van der Waals surface area contributed by atoms with Gasteiger partial charge in [-0.05, 0) is 120 Å². The quantitative estimate of drug-likeness (QED) is 0.171. The lowest BCUT2D eigenvalue weighted by Gasteiger charge is -2.26. The zero-order valence-electron chi connectivity index (χ0n) is 28.7. The molecule has 0 saturated carbocycles. The van der Waals surface area contributed by atoms with Crippen LogP contribution in [0.25, 0.3) is 87.4 Å². The van der Waals surface area contributed by atoms with Gasteiger partial charge in [0.15, 0.2) is 11.2 Å². The lowest BCUT2D eigenvalue weighted by atomic mass is 10.0. The van der Waals surface area contributed by atoms with E-state index in [2.05, 4.69) is 126 Å². The van der Waals surface area contributed by atoms with Crippen molar-refractivity contribution in [1.29, 1.82) is 0 Å². The maximum absolute atomic E-state index is 6.08. The Kier molecular flexibility index (Phi) is 6.93. The summed E-state index contributed by atoms with van der Waals surface area (Å²) in [6.45, 7) is 0. The van der Waals surface area contributed by atoms with E-state index in [9.17, 15) is 0 Å². The first kappa shape index (κ1) is 30.5. The number of para-hydroxylation sites is 4. The van der Waals surface area contributed by atoms with E-state index in [1.807, 2.05) is 48.5 Å². The van der Waals surface area contributed by atoms with E-state index in [0.29, 0.717) is 11.8 Å². The van der Waals surface area contributed by atoms with Crippen LogP contribution in [0.1, 0.15) is 0 Å². The van der Waals surface area contributed by atoms with Gasteiger partial charge in [0, 0.05) is 49.2 Å². The average Bonchev–Trinajstić information content (AvgIpc) is 3.96. The monoisotopic (exact) mass is 712 g/mol. The molecule has 0 spiro atoms. The Balaban J connectivity index is 0.972. The minimum Gasteiger partial charge on any atom is -0.436 e. The van der Waals surface area contributed by atoms with Crippen LogP contribution in [0.15, 0.2) is 179 Å². The maximum Gasteiger partial charge on any atom is 0.227 e. The van der Waals surface area contributed by atoms with Crippen molar-refractivity contribution in [2.75, 3.05) is 4.90 Å². The highest BCUT2D eigenvalue weighted by Crippen LogP contribution is 2.40. The molecule has 7 aromatic carbocycles. The van der Waals surface area contributed by atoms with Crippen LogP contribution in [0.5, 0.6) is 0 Å². The van der Waals surface area contributed by atoms with Crippen LogP contribution in [0.3, 0.4) is 0 Å². The van der Waals surface area contributed by atoms with Crippen LogP contribution < -0.4 is 4.90 Å². The molecule has 0 aliphatic carbocycles. The molecule has 254 valence electrons. The zero-order chi connectivity index (χ0) is 35.6. The average molecular weight is 713 g/mol. The van der Waals surface area contributed by atoms with E-state index in [1.165, 1.54) is 15.5 Å². The van der Waals surface area contributed by atoms with E-state index >= 15 is 0 Å². The summed E-state index contributed by atoms with van der Waals surface area (Å²) >= 11 is 1.74. The predicted octanol–water partition coefficient (Wildman–Crippen LogP) is 13.4. The van der Waals surface area contributed by atoms with Crippen LogP contribution in [0, 0.1) is 0 Å². The second-order valence-electron chi connectivity index (χ2n) is 13.3. The largest absolute Gasteiger partial charge is 0.436 e. The van der Waals surface area contributed by atoms with E-state index in [1.54, 1.807) is 11.3 Å². The normalized spacial score (nSPS) is 11.7. The third-order valence-electron chi connectivity index (χ3n) is 9.95. The van der Waals surface area contributed by atoms with Crippen molar-refractivity contribution in [3.8, 4) is 34.2 Å². The molecule has 0 radical (unpaired) electrons. The van der Waals surface area contributed by atoms with Crippen LogP contribution in [-0.2, 0) is 0 Å². The molecule has 6 nitrogen and oxygen atoms in total. The fraction of sp³-hybridized carbons (Fsp3) is 0. The summed E-state index contributed by atoms with van der Waals surface area (Å²) in [6.07, 6.45) is 0. The van der Waals surface area contributed by atoms with Crippen molar-refractivity contribution < 1.29 is 8.83 Å². The van der Waals surface area contributed by atoms with Gasteiger partial charge in [0.1, 0.15) is 15.9 Å². The summed E-state index contributed by atoms with van der Waals surface area (Å²) in [5.41, 5.74) is 10.1. The van der Waals surface area contributed by atoms with Crippen molar-refractivity contribution in [2.45, 2.75) is 0 Å². The molecule has 4 heterocycles. The number of pyridine rings is 1. The second kappa shape index (κ2) is 12.3. The van der Waals surface area contributed by atoms with Gasteiger partial charge in [-0.1, -0.05) is 60.7 Å². The van der Waals surface area contributed by atoms with Crippen molar-refractivity contribution in [3.63, 3.8) is 0 Å². The molecular formula is C47H28N4O2S. The van der Waals surface area contributed by atoms with E-state index < -0.39 is 0 Å². The number of anilines is 3. The molecule has 0 aliphatic rings. The Hall–Kier alpha value is -7.09. The Morgan fingerprint density at radius 1 is 0.426 bits per heavy atom. The minimum absolute atomic E-state index is 0.597. The van der Waals surface area contributed by atoms with Crippen molar-refractivity contribution in [1.82, 2.24) is 15.0 Å². The molecule has 0 N–H and O–H groups in total. The summed E-state index contributed by atoms with van der Waals surface area (Å²) in [6, 6.07) is 58.4. The molecule has 0 saturated heterocycles. The van der Waals surface area contributed by atoms with Gasteiger partial charge < -0.3 is 13.7 Å². The number of nitrogens with zero attached hydrogens (tertiary/aromatic N) is 4. The molecule has 7 heteroatoms. The summed E-state index contributed by atoms with van der Waals surface area (Å²) in [5.74, 6) is 1.19. The number of aromatic nitrogens is 3. The molecule has 0 amide bonds. The predicted molar refractivity (Wildman–Crippen MR) is 221 cm³/mol. The number of fused-ring (bicyclic) bond motifs is 6. The standard InChI is InChI=1S/C47H28N4O2S/c1-6-12-44-37(7-1)38-25-26-39(50-47(38)54-44)33-14-13-32-28-36(24-19-31(32)27-33)51(34-20-15-29(16-21-34)45-48-40-8-2-4-10-42(40)52-45)35-22-17-30(18-23-35)46-49-41-9-3-5-11-43(41)53-46/h1-28H. The van der Waals surface area contributed by atoms with Gasteiger partial charge in [0.25, 0.3) is 0 Å². The maximum atomic E-state index is 6.08. The lowest BCUT2D eigenvalue weighted by molar-refractivity contribution is 0.619. The minimum atomic E-state index is 0.597. The van der Waals surface area contributed by atoms with E-state index in [4.69, 9.17) is 23.8 Å². The first-order valence-electron chi connectivity index (χ1n) is 17.7. The zero-order valence-corrected chi connectivity index (χ0v) is 29.5. The van der Waals surface area contributed by atoms with Gasteiger partial charge in [-0.15, -0.1) is 11.3 Å². The number of benzene rings is 7. The molecule has 0 fully saturated rings. The smallest absolute Gasteiger partial charge is 0.227 e.